The van der Waals surface area contributed by atoms with Crippen molar-refractivity contribution < 1.29 is 9.53 Å². The van der Waals surface area contributed by atoms with Crippen molar-refractivity contribution in [2.24, 2.45) is 0 Å². The molecule has 1 aliphatic rings. The molecule has 0 radical (unpaired) electrons. The van der Waals surface area contributed by atoms with E-state index in [1.807, 2.05) is 0 Å². The second kappa shape index (κ2) is 8.88. The van der Waals surface area contributed by atoms with Gasteiger partial charge in [0.25, 0.3) is 0 Å². The molecule has 1 amide bonds. The van der Waals surface area contributed by atoms with Crippen LogP contribution in [-0.2, 0) is 4.74 Å². The maximum absolute atomic E-state index is 11.8. The number of hydrogen-bond donors (Lipinski definition) is 1. The first-order chi connectivity index (χ1) is 11.8. The Hall–Kier alpha value is -1.30. The molecule has 1 saturated heterocycles. The third kappa shape index (κ3) is 6.49. The molecule has 5 nitrogen and oxygen atoms in total. The van der Waals surface area contributed by atoms with Gasteiger partial charge in [0.1, 0.15) is 0 Å². The van der Waals surface area contributed by atoms with E-state index in [9.17, 15) is 4.79 Å². The first-order valence-electron chi connectivity index (χ1n) is 8.94. The monoisotopic (exact) mass is 367 g/mol. The summed E-state index contributed by atoms with van der Waals surface area (Å²) in [5, 5.41) is 3.34. The minimum atomic E-state index is -0.423. The van der Waals surface area contributed by atoms with Crippen LogP contribution in [0.15, 0.2) is 24.3 Å². The number of carbonyl (C=O) groups is 1. The van der Waals surface area contributed by atoms with E-state index >= 15 is 0 Å². The van der Waals surface area contributed by atoms with E-state index in [0.29, 0.717) is 23.4 Å². The smallest absolute Gasteiger partial charge is 0.411 e. The van der Waals surface area contributed by atoms with Gasteiger partial charge in [-0.3, -0.25) is 10.2 Å². The fourth-order valence-corrected chi connectivity index (χ4v) is 3.50. The number of amides is 1. The first-order valence-corrected chi connectivity index (χ1v) is 9.32. The second-order valence-electron chi connectivity index (χ2n) is 7.64. The number of nitrogens with one attached hydrogen (secondary N) is 1. The molecule has 0 saturated carbocycles. The molecule has 6 heteroatoms. The van der Waals surface area contributed by atoms with Gasteiger partial charge in [0.2, 0.25) is 0 Å². The highest BCUT2D eigenvalue weighted by Crippen LogP contribution is 2.20. The Bertz CT molecular complexity index is 557. The van der Waals surface area contributed by atoms with Gasteiger partial charge in [0.15, 0.2) is 0 Å². The van der Waals surface area contributed by atoms with E-state index in [2.05, 4.69) is 42.8 Å². The average molecular weight is 368 g/mol. The van der Waals surface area contributed by atoms with Crippen LogP contribution in [0.1, 0.15) is 34.1 Å². The average Bonchev–Trinajstić information content (AvgIpc) is 2.52. The fraction of sp³-hybridized carbons (Fsp3) is 0.632. The van der Waals surface area contributed by atoms with Crippen molar-refractivity contribution in [1.29, 1.82) is 0 Å². The van der Waals surface area contributed by atoms with E-state index in [-0.39, 0.29) is 5.54 Å². The van der Waals surface area contributed by atoms with Gasteiger partial charge >= 0.3 is 6.09 Å². The van der Waals surface area contributed by atoms with Gasteiger partial charge in [-0.1, -0.05) is 11.6 Å². The van der Waals surface area contributed by atoms with Crippen molar-refractivity contribution in [3.05, 3.63) is 29.3 Å². The number of hydrogen-bond acceptors (Lipinski definition) is 4. The van der Waals surface area contributed by atoms with E-state index < -0.39 is 6.09 Å². The highest BCUT2D eigenvalue weighted by Gasteiger charge is 2.30. The summed E-state index contributed by atoms with van der Waals surface area (Å²) in [7, 11) is 0. The minimum Gasteiger partial charge on any atom is -0.449 e. The summed E-state index contributed by atoms with van der Waals surface area (Å²) < 4.78 is 5.25. The molecule has 1 fully saturated rings. The van der Waals surface area contributed by atoms with Crippen LogP contribution in [0.4, 0.5) is 10.5 Å². The Morgan fingerprint density at radius 1 is 1.28 bits per heavy atom. The summed E-state index contributed by atoms with van der Waals surface area (Å²) >= 11 is 5.82. The van der Waals surface area contributed by atoms with Crippen molar-refractivity contribution in [3.63, 3.8) is 0 Å². The molecule has 0 aliphatic carbocycles. The molecule has 2 rings (SSSR count). The molecular formula is C19H30ClN3O2. The molecule has 140 valence electrons. The number of piperazine rings is 1. The summed E-state index contributed by atoms with van der Waals surface area (Å²) in [6.45, 7) is 13.7. The molecule has 1 aromatic carbocycles. The number of rotatable bonds is 5. The molecule has 0 bridgehead atoms. The first kappa shape index (κ1) is 20.0. The normalized spacial score (nSPS) is 19.6. The maximum Gasteiger partial charge on any atom is 0.411 e. The molecule has 0 spiro atoms. The van der Waals surface area contributed by atoms with Gasteiger partial charge in [-0.2, -0.15) is 0 Å². The Labute approximate surface area is 156 Å². The fourth-order valence-electron chi connectivity index (χ4n) is 3.37. The number of ether oxygens (including phenoxy) is 1. The van der Waals surface area contributed by atoms with E-state index in [1.165, 1.54) is 0 Å². The van der Waals surface area contributed by atoms with Crippen molar-refractivity contribution in [2.75, 3.05) is 38.1 Å². The summed E-state index contributed by atoms with van der Waals surface area (Å²) in [4.78, 5) is 16.8. The second-order valence-corrected chi connectivity index (χ2v) is 8.07. The molecule has 1 N–H and O–H groups in total. The maximum atomic E-state index is 11.8. The van der Waals surface area contributed by atoms with Crippen LogP contribution in [0.5, 0.6) is 0 Å². The Morgan fingerprint density at radius 3 is 2.56 bits per heavy atom. The van der Waals surface area contributed by atoms with Gasteiger partial charge in [0, 0.05) is 48.5 Å². The molecule has 1 heterocycles. The standard InChI is InChI=1S/C19H30ClN3O2/c1-15-14-22(11-12-23(15)19(2,3)4)10-5-13-25-18(24)21-17-8-6-16(20)7-9-17/h6-9,15H,5,10-14H2,1-4H3,(H,21,24)/t15-/m1/s1. The van der Waals surface area contributed by atoms with E-state index in [1.54, 1.807) is 24.3 Å². The molecule has 0 unspecified atom stereocenters. The van der Waals surface area contributed by atoms with Crippen LogP contribution in [0, 0.1) is 0 Å². The lowest BCUT2D eigenvalue weighted by atomic mass is 10.0. The zero-order valence-electron chi connectivity index (χ0n) is 15.7. The van der Waals surface area contributed by atoms with Crippen LogP contribution in [0.25, 0.3) is 0 Å². The van der Waals surface area contributed by atoms with Crippen LogP contribution in [0.3, 0.4) is 0 Å². The molecule has 25 heavy (non-hydrogen) atoms. The molecular weight excluding hydrogens is 338 g/mol. The predicted molar refractivity (Wildman–Crippen MR) is 103 cm³/mol. The number of carbonyl (C=O) groups excluding carboxylic acids is 1. The molecule has 1 aromatic rings. The topological polar surface area (TPSA) is 44.8 Å². The van der Waals surface area contributed by atoms with Crippen LogP contribution >= 0.6 is 11.6 Å². The summed E-state index contributed by atoms with van der Waals surface area (Å²) in [6, 6.07) is 7.51. The summed E-state index contributed by atoms with van der Waals surface area (Å²) in [5.74, 6) is 0. The van der Waals surface area contributed by atoms with Crippen molar-refractivity contribution >= 4 is 23.4 Å². The Kier molecular flexibility index (Phi) is 7.11. The third-order valence-electron chi connectivity index (χ3n) is 4.52. The summed E-state index contributed by atoms with van der Waals surface area (Å²) in [6.07, 6.45) is 0.421. The Balaban J connectivity index is 1.63. The van der Waals surface area contributed by atoms with Gasteiger partial charge in [-0.05, 0) is 58.4 Å². The minimum absolute atomic E-state index is 0.217. The lowest BCUT2D eigenvalue weighted by molar-refractivity contribution is 0.0160. The lowest BCUT2D eigenvalue weighted by Gasteiger charge is -2.46. The highest BCUT2D eigenvalue weighted by atomic mass is 35.5. The SMILES string of the molecule is C[C@@H]1CN(CCCOC(=O)Nc2ccc(Cl)cc2)CCN1C(C)(C)C. The Morgan fingerprint density at radius 2 is 1.96 bits per heavy atom. The largest absolute Gasteiger partial charge is 0.449 e. The quantitative estimate of drug-likeness (QED) is 0.796. The highest BCUT2D eigenvalue weighted by molar-refractivity contribution is 6.30. The lowest BCUT2D eigenvalue weighted by Crippen LogP contribution is -2.58. The third-order valence-corrected chi connectivity index (χ3v) is 4.77. The van der Waals surface area contributed by atoms with Crippen molar-refractivity contribution in [1.82, 2.24) is 9.80 Å². The zero-order valence-corrected chi connectivity index (χ0v) is 16.5. The molecule has 0 aromatic heterocycles. The predicted octanol–water partition coefficient (Wildman–Crippen LogP) is 4.08. The molecule has 1 aliphatic heterocycles. The summed E-state index contributed by atoms with van der Waals surface area (Å²) in [5.41, 5.74) is 0.899. The number of benzene rings is 1. The zero-order chi connectivity index (χ0) is 18.4. The van der Waals surface area contributed by atoms with Gasteiger partial charge < -0.3 is 9.64 Å². The number of halogens is 1. The number of anilines is 1. The van der Waals surface area contributed by atoms with Crippen LogP contribution in [-0.4, -0.2) is 60.3 Å². The van der Waals surface area contributed by atoms with E-state index in [0.717, 1.165) is 32.6 Å². The van der Waals surface area contributed by atoms with Crippen molar-refractivity contribution in [2.45, 2.75) is 45.7 Å². The van der Waals surface area contributed by atoms with Crippen molar-refractivity contribution in [3.8, 4) is 0 Å². The molecule has 1 atom stereocenters. The van der Waals surface area contributed by atoms with Gasteiger partial charge in [-0.15, -0.1) is 0 Å². The van der Waals surface area contributed by atoms with Crippen LogP contribution in [0.2, 0.25) is 5.02 Å². The van der Waals surface area contributed by atoms with Gasteiger partial charge in [0.05, 0.1) is 6.61 Å². The van der Waals surface area contributed by atoms with Crippen LogP contribution < -0.4 is 5.32 Å². The number of nitrogens with zero attached hydrogens (tertiary/aromatic N) is 2. The van der Waals surface area contributed by atoms with Gasteiger partial charge in [-0.25, -0.2) is 4.79 Å². The van der Waals surface area contributed by atoms with E-state index in [4.69, 9.17) is 16.3 Å².